The molecule has 3 rings (SSSR count). The SMILES string of the molecule is Cc1ccc(C)c(S(=O)(=O)N(CCc2ccccc2)CC(=O)Nc2ccc(F)cc2)c1. The summed E-state index contributed by atoms with van der Waals surface area (Å²) in [6.45, 7) is 3.37. The van der Waals surface area contributed by atoms with Gasteiger partial charge in [0.05, 0.1) is 11.4 Å². The van der Waals surface area contributed by atoms with Gasteiger partial charge in [-0.05, 0) is 67.3 Å². The predicted octanol–water partition coefficient (Wildman–Crippen LogP) is 4.31. The standard InChI is InChI=1S/C24H25FN2O3S/c1-18-8-9-19(2)23(16-18)31(29,30)27(15-14-20-6-4-3-5-7-20)17-24(28)26-22-12-10-21(25)11-13-22/h3-13,16H,14-15,17H2,1-2H3,(H,26,28). The number of carbonyl (C=O) groups excluding carboxylic acids is 1. The van der Waals surface area contributed by atoms with Gasteiger partial charge in [-0.1, -0.05) is 42.5 Å². The highest BCUT2D eigenvalue weighted by atomic mass is 32.2. The van der Waals surface area contributed by atoms with Gasteiger partial charge in [-0.2, -0.15) is 4.31 Å². The smallest absolute Gasteiger partial charge is 0.243 e. The summed E-state index contributed by atoms with van der Waals surface area (Å²) in [6, 6.07) is 20.1. The van der Waals surface area contributed by atoms with Gasteiger partial charge in [0.1, 0.15) is 5.82 Å². The molecule has 3 aromatic rings. The number of aryl methyl sites for hydroxylation is 2. The second kappa shape index (κ2) is 9.85. The lowest BCUT2D eigenvalue weighted by molar-refractivity contribution is -0.116. The Balaban J connectivity index is 1.85. The quantitative estimate of drug-likeness (QED) is 0.568. The average Bonchev–Trinajstić information content (AvgIpc) is 2.75. The van der Waals surface area contributed by atoms with Crippen molar-refractivity contribution in [3.63, 3.8) is 0 Å². The molecule has 0 fully saturated rings. The van der Waals surface area contributed by atoms with Gasteiger partial charge in [0.2, 0.25) is 15.9 Å². The maximum absolute atomic E-state index is 13.5. The molecule has 1 amide bonds. The van der Waals surface area contributed by atoms with E-state index in [2.05, 4.69) is 5.32 Å². The molecule has 0 saturated carbocycles. The molecule has 3 aromatic carbocycles. The predicted molar refractivity (Wildman–Crippen MR) is 120 cm³/mol. The summed E-state index contributed by atoms with van der Waals surface area (Å²) < 4.78 is 41.2. The number of hydrogen-bond acceptors (Lipinski definition) is 3. The fourth-order valence-corrected chi connectivity index (χ4v) is 4.91. The van der Waals surface area contributed by atoms with Gasteiger partial charge in [-0.3, -0.25) is 4.79 Å². The lowest BCUT2D eigenvalue weighted by Crippen LogP contribution is -2.39. The van der Waals surface area contributed by atoms with Crippen molar-refractivity contribution in [2.24, 2.45) is 0 Å². The van der Waals surface area contributed by atoms with E-state index in [1.807, 2.05) is 43.3 Å². The third-order valence-electron chi connectivity index (χ3n) is 4.90. The first kappa shape index (κ1) is 22.7. The maximum Gasteiger partial charge on any atom is 0.243 e. The van der Waals surface area contributed by atoms with E-state index in [-0.39, 0.29) is 18.0 Å². The molecular formula is C24H25FN2O3S. The molecule has 0 saturated heterocycles. The van der Waals surface area contributed by atoms with E-state index >= 15 is 0 Å². The Morgan fingerprint density at radius 3 is 2.32 bits per heavy atom. The number of anilines is 1. The van der Waals surface area contributed by atoms with Crippen LogP contribution < -0.4 is 5.32 Å². The Morgan fingerprint density at radius 2 is 1.65 bits per heavy atom. The molecule has 0 unspecified atom stereocenters. The molecule has 0 bridgehead atoms. The van der Waals surface area contributed by atoms with Crippen molar-refractivity contribution in [2.45, 2.75) is 25.2 Å². The Kier molecular flexibility index (Phi) is 7.20. The fraction of sp³-hybridized carbons (Fsp3) is 0.208. The molecule has 0 aliphatic carbocycles. The molecule has 0 aliphatic rings. The van der Waals surface area contributed by atoms with Gasteiger partial charge >= 0.3 is 0 Å². The highest BCUT2D eigenvalue weighted by Crippen LogP contribution is 2.22. The van der Waals surface area contributed by atoms with E-state index in [1.54, 1.807) is 19.1 Å². The minimum atomic E-state index is -3.91. The first-order valence-electron chi connectivity index (χ1n) is 9.92. The normalized spacial score (nSPS) is 11.5. The minimum absolute atomic E-state index is 0.149. The third kappa shape index (κ3) is 5.99. The van der Waals surface area contributed by atoms with Gasteiger partial charge in [-0.15, -0.1) is 0 Å². The number of sulfonamides is 1. The summed E-state index contributed by atoms with van der Waals surface area (Å²) in [5.41, 5.74) is 2.82. The second-order valence-corrected chi connectivity index (χ2v) is 9.30. The number of halogens is 1. The van der Waals surface area contributed by atoms with Crippen LogP contribution in [0, 0.1) is 19.7 Å². The van der Waals surface area contributed by atoms with E-state index in [0.29, 0.717) is 17.7 Å². The van der Waals surface area contributed by atoms with Crippen molar-refractivity contribution in [3.8, 4) is 0 Å². The molecule has 0 heterocycles. The topological polar surface area (TPSA) is 66.5 Å². The number of hydrogen-bond donors (Lipinski definition) is 1. The lowest BCUT2D eigenvalue weighted by Gasteiger charge is -2.23. The summed E-state index contributed by atoms with van der Waals surface area (Å²) in [4.78, 5) is 12.8. The maximum atomic E-state index is 13.5. The van der Waals surface area contributed by atoms with Crippen LogP contribution in [0.1, 0.15) is 16.7 Å². The van der Waals surface area contributed by atoms with E-state index in [1.165, 1.54) is 28.6 Å². The number of rotatable bonds is 8. The molecule has 0 atom stereocenters. The molecule has 0 aliphatic heterocycles. The van der Waals surface area contributed by atoms with E-state index < -0.39 is 21.7 Å². The van der Waals surface area contributed by atoms with Gasteiger partial charge < -0.3 is 5.32 Å². The van der Waals surface area contributed by atoms with Crippen LogP contribution in [0.2, 0.25) is 0 Å². The summed E-state index contributed by atoms with van der Waals surface area (Å²) in [5.74, 6) is -0.909. The van der Waals surface area contributed by atoms with Crippen molar-refractivity contribution < 1.29 is 17.6 Å². The largest absolute Gasteiger partial charge is 0.325 e. The minimum Gasteiger partial charge on any atom is -0.325 e. The molecule has 0 aromatic heterocycles. The number of carbonyl (C=O) groups is 1. The first-order chi connectivity index (χ1) is 14.8. The van der Waals surface area contributed by atoms with E-state index in [0.717, 1.165) is 11.1 Å². The molecular weight excluding hydrogens is 415 g/mol. The zero-order chi connectivity index (χ0) is 22.4. The van der Waals surface area contributed by atoms with Crippen LogP contribution in [0.3, 0.4) is 0 Å². The van der Waals surface area contributed by atoms with Gasteiger partial charge in [0.25, 0.3) is 0 Å². The van der Waals surface area contributed by atoms with Gasteiger partial charge in [0, 0.05) is 12.2 Å². The zero-order valence-corrected chi connectivity index (χ0v) is 18.3. The highest BCUT2D eigenvalue weighted by Gasteiger charge is 2.28. The van der Waals surface area contributed by atoms with Crippen molar-refractivity contribution in [2.75, 3.05) is 18.4 Å². The summed E-state index contributed by atoms with van der Waals surface area (Å²) in [6.07, 6.45) is 0.467. The number of amides is 1. The molecule has 5 nitrogen and oxygen atoms in total. The number of nitrogens with zero attached hydrogens (tertiary/aromatic N) is 1. The molecule has 0 spiro atoms. The van der Waals surface area contributed by atoms with Crippen LogP contribution in [0.15, 0.2) is 77.7 Å². The summed E-state index contributed by atoms with van der Waals surface area (Å²) in [7, 11) is -3.91. The van der Waals surface area contributed by atoms with Crippen molar-refractivity contribution >= 4 is 21.6 Å². The van der Waals surface area contributed by atoms with Gasteiger partial charge in [0.15, 0.2) is 0 Å². The van der Waals surface area contributed by atoms with Crippen molar-refractivity contribution in [1.29, 1.82) is 0 Å². The van der Waals surface area contributed by atoms with Crippen LogP contribution in [0.25, 0.3) is 0 Å². The Labute approximate surface area is 182 Å². The number of benzene rings is 3. The summed E-state index contributed by atoms with van der Waals surface area (Å²) >= 11 is 0. The molecule has 1 N–H and O–H groups in total. The molecule has 0 radical (unpaired) electrons. The molecule has 162 valence electrons. The summed E-state index contributed by atoms with van der Waals surface area (Å²) in [5, 5.41) is 2.64. The van der Waals surface area contributed by atoms with Crippen LogP contribution in [0.5, 0.6) is 0 Å². The monoisotopic (exact) mass is 440 g/mol. The van der Waals surface area contributed by atoms with Crippen LogP contribution in [-0.4, -0.2) is 31.7 Å². The number of nitrogens with one attached hydrogen (secondary N) is 1. The Hall–Kier alpha value is -3.03. The van der Waals surface area contributed by atoms with E-state index in [9.17, 15) is 17.6 Å². The molecule has 7 heteroatoms. The van der Waals surface area contributed by atoms with Crippen LogP contribution >= 0.6 is 0 Å². The zero-order valence-electron chi connectivity index (χ0n) is 17.5. The van der Waals surface area contributed by atoms with Gasteiger partial charge in [-0.25, -0.2) is 12.8 Å². The van der Waals surface area contributed by atoms with Crippen LogP contribution in [0.4, 0.5) is 10.1 Å². The van der Waals surface area contributed by atoms with Crippen molar-refractivity contribution in [1.82, 2.24) is 4.31 Å². The Bertz CT molecular complexity index is 1150. The van der Waals surface area contributed by atoms with Crippen LogP contribution in [-0.2, 0) is 21.2 Å². The second-order valence-electron chi connectivity index (χ2n) is 7.40. The fourth-order valence-electron chi connectivity index (χ4n) is 3.20. The first-order valence-corrected chi connectivity index (χ1v) is 11.4. The van der Waals surface area contributed by atoms with Crippen molar-refractivity contribution in [3.05, 3.63) is 95.3 Å². The lowest BCUT2D eigenvalue weighted by atomic mass is 10.1. The highest BCUT2D eigenvalue weighted by molar-refractivity contribution is 7.89. The average molecular weight is 441 g/mol. The molecule has 31 heavy (non-hydrogen) atoms. The van der Waals surface area contributed by atoms with E-state index in [4.69, 9.17) is 0 Å². The third-order valence-corrected chi connectivity index (χ3v) is 6.89. The Morgan fingerprint density at radius 1 is 0.968 bits per heavy atom.